The summed E-state index contributed by atoms with van der Waals surface area (Å²) in [7, 11) is 1.62. The number of carbonyl (C=O) groups excluding carboxylic acids is 1. The lowest BCUT2D eigenvalue weighted by molar-refractivity contribution is -0.113. The van der Waals surface area contributed by atoms with Gasteiger partial charge in [0, 0.05) is 0 Å². The number of methoxy groups -OCH3 is 1. The molecule has 1 aliphatic heterocycles. The number of benzene rings is 3. The number of ether oxygens (including phenoxy) is 1. The predicted octanol–water partition coefficient (Wildman–Crippen LogP) is 4.96. The number of aromatic nitrogens is 4. The summed E-state index contributed by atoms with van der Waals surface area (Å²) in [5.41, 5.74) is 5.02. The van der Waals surface area contributed by atoms with Crippen molar-refractivity contribution in [1.82, 2.24) is 20.2 Å². The molecular weight excluding hydrogens is 472 g/mol. The number of rotatable bonds is 6. The molecule has 1 aromatic heterocycles. The fourth-order valence-electron chi connectivity index (χ4n) is 3.95. The van der Waals surface area contributed by atoms with Crippen LogP contribution in [0, 0.1) is 13.8 Å². The van der Waals surface area contributed by atoms with Gasteiger partial charge >= 0.3 is 0 Å². The van der Waals surface area contributed by atoms with Crippen LogP contribution in [-0.4, -0.2) is 38.4 Å². The molecule has 0 fully saturated rings. The minimum absolute atomic E-state index is 0.180. The highest BCUT2D eigenvalue weighted by Gasteiger charge is 2.32. The monoisotopic (exact) mass is 496 g/mol. The minimum atomic E-state index is -0.180. The van der Waals surface area contributed by atoms with E-state index in [2.05, 4.69) is 21.6 Å². The van der Waals surface area contributed by atoms with E-state index in [9.17, 15) is 4.79 Å². The third-order valence-corrected chi connectivity index (χ3v) is 6.51. The zero-order chi connectivity index (χ0) is 25.1. The van der Waals surface area contributed by atoms with Crippen LogP contribution in [0.1, 0.15) is 22.5 Å². The summed E-state index contributed by atoms with van der Waals surface area (Å²) in [6, 6.07) is 23.3. The number of hydrogen-bond acceptors (Lipinski definition) is 7. The van der Waals surface area contributed by atoms with Gasteiger partial charge in [-0.1, -0.05) is 48.2 Å². The van der Waals surface area contributed by atoms with Crippen LogP contribution in [0.2, 0.25) is 0 Å². The fraction of sp³-hybridized carbons (Fsp3) is 0.148. The molecule has 5 rings (SSSR count). The van der Waals surface area contributed by atoms with Crippen molar-refractivity contribution >= 4 is 34.6 Å². The van der Waals surface area contributed by atoms with E-state index in [1.54, 1.807) is 22.8 Å². The van der Waals surface area contributed by atoms with E-state index in [-0.39, 0.29) is 5.91 Å². The van der Waals surface area contributed by atoms with Crippen LogP contribution in [-0.2, 0) is 10.5 Å². The van der Waals surface area contributed by atoms with Gasteiger partial charge in [0.15, 0.2) is 11.0 Å². The van der Waals surface area contributed by atoms with Gasteiger partial charge in [-0.2, -0.15) is 4.68 Å². The molecule has 3 aromatic carbocycles. The SMILES string of the molecule is COc1ccc(/C=C2\N=C(SCc3nnnn3-c3ccccc3)N(c3cc(C)cc(C)c3)C2=O)cc1. The third-order valence-electron chi connectivity index (χ3n) is 5.58. The number of para-hydroxylation sites is 1. The predicted molar refractivity (Wildman–Crippen MR) is 142 cm³/mol. The molecule has 0 N–H and O–H groups in total. The van der Waals surface area contributed by atoms with Gasteiger partial charge in [0.2, 0.25) is 0 Å². The summed E-state index contributed by atoms with van der Waals surface area (Å²) in [5, 5.41) is 12.8. The largest absolute Gasteiger partial charge is 0.497 e. The van der Waals surface area contributed by atoms with E-state index < -0.39 is 0 Å². The van der Waals surface area contributed by atoms with Gasteiger partial charge in [-0.25, -0.2) is 4.99 Å². The van der Waals surface area contributed by atoms with Crippen molar-refractivity contribution in [2.24, 2.45) is 4.99 Å². The Kier molecular flexibility index (Phi) is 6.64. The second-order valence-corrected chi connectivity index (χ2v) is 9.26. The van der Waals surface area contributed by atoms with Crippen LogP contribution in [0.15, 0.2) is 83.5 Å². The van der Waals surface area contributed by atoms with Crippen molar-refractivity contribution < 1.29 is 9.53 Å². The van der Waals surface area contributed by atoms with Gasteiger partial charge in [0.05, 0.1) is 24.2 Å². The Labute approximate surface area is 213 Å². The van der Waals surface area contributed by atoms with E-state index in [0.29, 0.717) is 22.4 Å². The van der Waals surface area contributed by atoms with Crippen LogP contribution in [0.25, 0.3) is 11.8 Å². The molecule has 0 spiro atoms. The third kappa shape index (κ3) is 4.92. The van der Waals surface area contributed by atoms with E-state index >= 15 is 0 Å². The van der Waals surface area contributed by atoms with E-state index in [0.717, 1.165) is 33.8 Å². The van der Waals surface area contributed by atoms with Crippen molar-refractivity contribution in [2.75, 3.05) is 12.0 Å². The Morgan fingerprint density at radius 3 is 2.36 bits per heavy atom. The summed E-state index contributed by atoms with van der Waals surface area (Å²) >= 11 is 1.42. The first kappa shape index (κ1) is 23.5. The molecule has 0 radical (unpaired) electrons. The van der Waals surface area contributed by atoms with Gasteiger partial charge in [0.25, 0.3) is 5.91 Å². The quantitative estimate of drug-likeness (QED) is 0.351. The van der Waals surface area contributed by atoms with Crippen LogP contribution in [0.5, 0.6) is 5.75 Å². The van der Waals surface area contributed by atoms with Crippen LogP contribution < -0.4 is 9.64 Å². The maximum absolute atomic E-state index is 13.6. The number of tetrazole rings is 1. The van der Waals surface area contributed by atoms with Gasteiger partial charge < -0.3 is 4.74 Å². The van der Waals surface area contributed by atoms with Crippen molar-refractivity contribution in [3.05, 3.63) is 101 Å². The molecular formula is C27H24N6O2S. The highest BCUT2D eigenvalue weighted by Crippen LogP contribution is 2.32. The van der Waals surface area contributed by atoms with Crippen LogP contribution >= 0.6 is 11.8 Å². The molecule has 9 heteroatoms. The number of amides is 1. The average Bonchev–Trinajstić information content (AvgIpc) is 3.47. The standard InChI is InChI=1S/C27H24N6O2S/c1-18-13-19(2)15-22(14-18)32-26(34)24(16-20-9-11-23(35-3)12-10-20)28-27(32)36-17-25-29-30-31-33(25)21-7-5-4-6-8-21/h4-16H,17H2,1-3H3/b24-16-. The number of anilines is 1. The Bertz CT molecular complexity index is 1440. The molecule has 36 heavy (non-hydrogen) atoms. The lowest BCUT2D eigenvalue weighted by Crippen LogP contribution is -2.30. The molecule has 180 valence electrons. The number of aryl methyl sites for hydroxylation is 2. The second kappa shape index (κ2) is 10.2. The molecule has 1 aliphatic rings. The lowest BCUT2D eigenvalue weighted by atomic mass is 10.1. The molecule has 0 atom stereocenters. The number of amidine groups is 1. The number of thioether (sulfide) groups is 1. The van der Waals surface area contributed by atoms with Gasteiger partial charge in [-0.3, -0.25) is 9.69 Å². The minimum Gasteiger partial charge on any atom is -0.497 e. The van der Waals surface area contributed by atoms with Gasteiger partial charge in [-0.15, -0.1) is 5.10 Å². The summed E-state index contributed by atoms with van der Waals surface area (Å²) in [5.74, 6) is 1.67. The highest BCUT2D eigenvalue weighted by molar-refractivity contribution is 8.13. The molecule has 0 bridgehead atoms. The summed E-state index contributed by atoms with van der Waals surface area (Å²) in [4.78, 5) is 20.0. The molecule has 0 saturated heterocycles. The smallest absolute Gasteiger partial charge is 0.283 e. The molecule has 0 aliphatic carbocycles. The fourth-order valence-corrected chi connectivity index (χ4v) is 4.87. The zero-order valence-corrected chi connectivity index (χ0v) is 20.9. The highest BCUT2D eigenvalue weighted by atomic mass is 32.2. The number of nitrogens with zero attached hydrogens (tertiary/aromatic N) is 6. The van der Waals surface area contributed by atoms with Crippen LogP contribution in [0.3, 0.4) is 0 Å². The summed E-state index contributed by atoms with van der Waals surface area (Å²) < 4.78 is 6.93. The van der Waals surface area contributed by atoms with E-state index in [4.69, 9.17) is 9.73 Å². The van der Waals surface area contributed by atoms with Crippen molar-refractivity contribution in [3.63, 3.8) is 0 Å². The molecule has 4 aromatic rings. The molecule has 1 amide bonds. The van der Waals surface area contributed by atoms with Gasteiger partial charge in [-0.05, 0) is 83.4 Å². The first-order chi connectivity index (χ1) is 17.5. The summed E-state index contributed by atoms with van der Waals surface area (Å²) in [6.45, 7) is 4.03. The average molecular weight is 497 g/mol. The van der Waals surface area contributed by atoms with Gasteiger partial charge in [0.1, 0.15) is 11.4 Å². The maximum Gasteiger partial charge on any atom is 0.283 e. The van der Waals surface area contributed by atoms with Crippen molar-refractivity contribution in [3.8, 4) is 11.4 Å². The molecule has 0 saturated carbocycles. The number of hydrogen-bond donors (Lipinski definition) is 0. The van der Waals surface area contributed by atoms with E-state index in [1.807, 2.05) is 80.6 Å². The Hall–Kier alpha value is -4.24. The lowest BCUT2D eigenvalue weighted by Gasteiger charge is -2.19. The Morgan fingerprint density at radius 2 is 1.67 bits per heavy atom. The Balaban J connectivity index is 1.48. The first-order valence-corrected chi connectivity index (χ1v) is 12.3. The van der Waals surface area contributed by atoms with Crippen molar-refractivity contribution in [1.29, 1.82) is 0 Å². The summed E-state index contributed by atoms with van der Waals surface area (Å²) in [6.07, 6.45) is 1.79. The van der Waals surface area contributed by atoms with Crippen LogP contribution in [0.4, 0.5) is 5.69 Å². The zero-order valence-electron chi connectivity index (χ0n) is 20.1. The molecule has 2 heterocycles. The van der Waals surface area contributed by atoms with E-state index in [1.165, 1.54) is 11.8 Å². The maximum atomic E-state index is 13.6. The second-order valence-electron chi connectivity index (χ2n) is 8.31. The molecule has 8 nitrogen and oxygen atoms in total. The topological polar surface area (TPSA) is 85.5 Å². The normalized spacial score (nSPS) is 14.4. The first-order valence-electron chi connectivity index (χ1n) is 11.3. The number of carbonyl (C=O) groups is 1. The van der Waals surface area contributed by atoms with Crippen molar-refractivity contribution in [2.45, 2.75) is 19.6 Å². The molecule has 0 unspecified atom stereocenters. The number of aliphatic imine (C=N–C) groups is 1. The Morgan fingerprint density at radius 1 is 0.944 bits per heavy atom.